The highest BCUT2D eigenvalue weighted by molar-refractivity contribution is 5.97. The molecular formula is C16H19NO2. The number of aliphatic carboxylic acids is 1. The van der Waals surface area contributed by atoms with Crippen LogP contribution in [-0.2, 0) is 10.2 Å². The second-order valence-corrected chi connectivity index (χ2v) is 5.88. The van der Waals surface area contributed by atoms with Crippen molar-refractivity contribution in [3.8, 4) is 0 Å². The van der Waals surface area contributed by atoms with Gasteiger partial charge in [-0.2, -0.15) is 0 Å². The Hall–Kier alpha value is -2.03. The summed E-state index contributed by atoms with van der Waals surface area (Å²) in [6, 6.07) is 6.30. The fourth-order valence-corrected chi connectivity index (χ4v) is 2.18. The van der Waals surface area contributed by atoms with Gasteiger partial charge < -0.3 is 10.1 Å². The van der Waals surface area contributed by atoms with Crippen LogP contribution in [0.2, 0.25) is 0 Å². The van der Waals surface area contributed by atoms with Gasteiger partial charge in [0, 0.05) is 28.7 Å². The molecule has 0 aliphatic heterocycles. The van der Waals surface area contributed by atoms with Gasteiger partial charge in [-0.3, -0.25) is 0 Å². The van der Waals surface area contributed by atoms with E-state index in [1.54, 1.807) is 0 Å². The van der Waals surface area contributed by atoms with Crippen LogP contribution in [0.15, 0.2) is 30.5 Å². The van der Waals surface area contributed by atoms with Crippen LogP contribution in [0.3, 0.4) is 0 Å². The van der Waals surface area contributed by atoms with E-state index in [1.807, 2.05) is 19.2 Å². The fraction of sp³-hybridized carbons (Fsp3) is 0.312. The lowest BCUT2D eigenvalue weighted by Gasteiger charge is -2.19. The number of allylic oxidation sites excluding steroid dienone is 1. The number of carbonyl (C=O) groups is 1. The monoisotopic (exact) mass is 257 g/mol. The van der Waals surface area contributed by atoms with Gasteiger partial charge in [-0.1, -0.05) is 26.8 Å². The number of nitrogens with one attached hydrogen (secondary N) is 1. The second-order valence-electron chi connectivity index (χ2n) is 5.88. The van der Waals surface area contributed by atoms with Gasteiger partial charge in [-0.15, -0.1) is 0 Å². The molecule has 0 radical (unpaired) electrons. The van der Waals surface area contributed by atoms with Gasteiger partial charge in [-0.05, 0) is 35.6 Å². The van der Waals surface area contributed by atoms with Gasteiger partial charge in [0.25, 0.3) is 0 Å². The zero-order valence-corrected chi connectivity index (χ0v) is 11.7. The Kier molecular flexibility index (Phi) is 3.23. The maximum atomic E-state index is 10.8. The molecule has 3 heteroatoms. The molecule has 2 N–H and O–H groups in total. The average molecular weight is 257 g/mol. The minimum atomic E-state index is -0.918. The second kappa shape index (κ2) is 4.57. The Bertz CT molecular complexity index is 657. The molecule has 1 heterocycles. The number of aromatic amines is 1. The first kappa shape index (κ1) is 13.4. The van der Waals surface area contributed by atoms with Crippen LogP contribution >= 0.6 is 0 Å². The number of carboxylic acid groups (broad SMARTS) is 1. The molecule has 0 aliphatic rings. The van der Waals surface area contributed by atoms with Crippen LogP contribution in [-0.4, -0.2) is 16.1 Å². The standard InChI is InChI=1S/C16H19NO2/c1-10(7-15(18)19)13-9-17-14-6-5-11(8-12(13)14)16(2,3)4/h5-9,17H,1-4H3,(H,18,19)/b10-7+. The van der Waals surface area contributed by atoms with E-state index >= 15 is 0 Å². The maximum Gasteiger partial charge on any atom is 0.328 e. The van der Waals surface area contributed by atoms with Gasteiger partial charge in [0.15, 0.2) is 0 Å². The van der Waals surface area contributed by atoms with Crippen molar-refractivity contribution in [1.29, 1.82) is 0 Å². The van der Waals surface area contributed by atoms with E-state index in [1.165, 1.54) is 11.6 Å². The number of carboxylic acids is 1. The van der Waals surface area contributed by atoms with E-state index in [4.69, 9.17) is 5.11 Å². The Morgan fingerprint density at radius 3 is 2.58 bits per heavy atom. The Balaban J connectivity index is 2.61. The van der Waals surface area contributed by atoms with Crippen molar-refractivity contribution < 1.29 is 9.90 Å². The fourth-order valence-electron chi connectivity index (χ4n) is 2.18. The summed E-state index contributed by atoms with van der Waals surface area (Å²) in [5, 5.41) is 9.92. The summed E-state index contributed by atoms with van der Waals surface area (Å²) < 4.78 is 0. The molecule has 0 unspecified atom stereocenters. The van der Waals surface area contributed by atoms with Gasteiger partial charge >= 0.3 is 5.97 Å². The molecule has 0 amide bonds. The summed E-state index contributed by atoms with van der Waals surface area (Å²) in [6.45, 7) is 8.32. The van der Waals surface area contributed by atoms with Crippen molar-refractivity contribution in [3.05, 3.63) is 41.6 Å². The molecule has 3 nitrogen and oxygen atoms in total. The maximum absolute atomic E-state index is 10.8. The molecular weight excluding hydrogens is 238 g/mol. The van der Waals surface area contributed by atoms with Crippen molar-refractivity contribution in [2.75, 3.05) is 0 Å². The molecule has 0 aliphatic carbocycles. The third-order valence-electron chi connectivity index (χ3n) is 3.31. The first-order valence-corrected chi connectivity index (χ1v) is 6.32. The number of hydrogen-bond acceptors (Lipinski definition) is 1. The lowest BCUT2D eigenvalue weighted by molar-refractivity contribution is -0.131. The van der Waals surface area contributed by atoms with Crippen molar-refractivity contribution >= 4 is 22.4 Å². The van der Waals surface area contributed by atoms with E-state index < -0.39 is 5.97 Å². The summed E-state index contributed by atoms with van der Waals surface area (Å²) in [7, 11) is 0. The normalized spacial score (nSPS) is 12.9. The quantitative estimate of drug-likeness (QED) is 0.800. The third-order valence-corrected chi connectivity index (χ3v) is 3.31. The predicted molar refractivity (Wildman–Crippen MR) is 78.3 cm³/mol. The predicted octanol–water partition coefficient (Wildman–Crippen LogP) is 3.95. The van der Waals surface area contributed by atoms with Crippen molar-refractivity contribution in [2.45, 2.75) is 33.1 Å². The van der Waals surface area contributed by atoms with E-state index in [0.29, 0.717) is 0 Å². The zero-order valence-electron chi connectivity index (χ0n) is 11.7. The average Bonchev–Trinajstić information content (AvgIpc) is 2.69. The molecule has 19 heavy (non-hydrogen) atoms. The van der Waals surface area contributed by atoms with Crippen molar-refractivity contribution in [2.24, 2.45) is 0 Å². The summed E-state index contributed by atoms with van der Waals surface area (Å²) in [4.78, 5) is 14.0. The van der Waals surface area contributed by atoms with E-state index in [0.717, 1.165) is 22.0 Å². The van der Waals surface area contributed by atoms with Crippen LogP contribution in [0.25, 0.3) is 16.5 Å². The molecule has 0 bridgehead atoms. The number of benzene rings is 1. The molecule has 0 spiro atoms. The number of fused-ring (bicyclic) bond motifs is 1. The summed E-state index contributed by atoms with van der Waals surface area (Å²) in [6.07, 6.45) is 3.11. The lowest BCUT2D eigenvalue weighted by Crippen LogP contribution is -2.10. The largest absolute Gasteiger partial charge is 0.478 e. The van der Waals surface area contributed by atoms with Gasteiger partial charge in [0.05, 0.1) is 0 Å². The van der Waals surface area contributed by atoms with Gasteiger partial charge in [0.2, 0.25) is 0 Å². The van der Waals surface area contributed by atoms with E-state index in [9.17, 15) is 4.79 Å². The van der Waals surface area contributed by atoms with Crippen LogP contribution in [0.1, 0.15) is 38.8 Å². The Labute approximate surface area is 113 Å². The van der Waals surface area contributed by atoms with E-state index in [-0.39, 0.29) is 5.41 Å². The summed E-state index contributed by atoms with van der Waals surface area (Å²) in [5.41, 5.74) is 4.05. The van der Waals surface area contributed by atoms with Crippen LogP contribution in [0.4, 0.5) is 0 Å². The van der Waals surface area contributed by atoms with Crippen LogP contribution in [0.5, 0.6) is 0 Å². The van der Waals surface area contributed by atoms with E-state index in [2.05, 4.69) is 37.9 Å². The third kappa shape index (κ3) is 2.70. The molecule has 0 saturated heterocycles. The molecule has 100 valence electrons. The number of aromatic nitrogens is 1. The van der Waals surface area contributed by atoms with Crippen LogP contribution < -0.4 is 0 Å². The molecule has 0 atom stereocenters. The summed E-state index contributed by atoms with van der Waals surface area (Å²) in [5.74, 6) is -0.918. The number of H-pyrrole nitrogens is 1. The minimum absolute atomic E-state index is 0.0765. The van der Waals surface area contributed by atoms with Gasteiger partial charge in [0.1, 0.15) is 0 Å². The first-order chi connectivity index (χ1) is 8.79. The Morgan fingerprint density at radius 2 is 2.00 bits per heavy atom. The molecule has 0 fully saturated rings. The topological polar surface area (TPSA) is 53.1 Å². The molecule has 1 aromatic carbocycles. The highest BCUT2D eigenvalue weighted by atomic mass is 16.4. The Morgan fingerprint density at radius 1 is 1.32 bits per heavy atom. The smallest absolute Gasteiger partial charge is 0.328 e. The first-order valence-electron chi connectivity index (χ1n) is 6.32. The SMILES string of the molecule is C/C(=C\C(=O)O)c1c[nH]c2ccc(C(C)(C)C)cc12. The highest BCUT2D eigenvalue weighted by Crippen LogP contribution is 2.30. The summed E-state index contributed by atoms with van der Waals surface area (Å²) >= 11 is 0. The van der Waals surface area contributed by atoms with Crippen LogP contribution in [0, 0.1) is 0 Å². The van der Waals surface area contributed by atoms with Gasteiger partial charge in [-0.25, -0.2) is 4.79 Å². The van der Waals surface area contributed by atoms with Crippen molar-refractivity contribution in [1.82, 2.24) is 4.98 Å². The molecule has 2 aromatic rings. The molecule has 0 saturated carbocycles. The zero-order chi connectivity index (χ0) is 14.2. The molecule has 1 aromatic heterocycles. The lowest BCUT2D eigenvalue weighted by atomic mass is 9.86. The highest BCUT2D eigenvalue weighted by Gasteiger charge is 2.15. The number of hydrogen-bond donors (Lipinski definition) is 2. The van der Waals surface area contributed by atoms with Crippen molar-refractivity contribution in [3.63, 3.8) is 0 Å². The minimum Gasteiger partial charge on any atom is -0.478 e. The number of rotatable bonds is 2. The molecule has 2 rings (SSSR count).